The number of rotatable bonds is 4. The van der Waals surface area contributed by atoms with E-state index in [1.54, 1.807) is 0 Å². The van der Waals surface area contributed by atoms with E-state index in [0.717, 1.165) is 12.8 Å². The molecule has 1 aromatic heterocycles. The van der Waals surface area contributed by atoms with Gasteiger partial charge in [-0.1, -0.05) is 24.9 Å². The monoisotopic (exact) mass is 217 g/mol. The minimum atomic E-state index is -1.10. The first-order valence-electron chi connectivity index (χ1n) is 4.33. The standard InChI is InChI=1S/C8H12ClN3O2/c1-2-3-4-12-6(8(13)14)5(9)7(10)11-12/h2-4H2,1H3,(H2,10,11)(H,13,14). The second-order valence-electron chi connectivity index (χ2n) is 2.93. The molecule has 0 aliphatic carbocycles. The van der Waals surface area contributed by atoms with Crippen LogP contribution in [-0.2, 0) is 6.54 Å². The van der Waals surface area contributed by atoms with Gasteiger partial charge < -0.3 is 10.8 Å². The van der Waals surface area contributed by atoms with Crippen LogP contribution in [0.2, 0.25) is 5.02 Å². The SMILES string of the molecule is CCCCn1nc(N)c(Cl)c1C(=O)O. The van der Waals surface area contributed by atoms with E-state index in [9.17, 15) is 4.79 Å². The van der Waals surface area contributed by atoms with Gasteiger partial charge in [-0.3, -0.25) is 4.68 Å². The van der Waals surface area contributed by atoms with Crippen molar-refractivity contribution >= 4 is 23.4 Å². The van der Waals surface area contributed by atoms with Crippen molar-refractivity contribution in [1.82, 2.24) is 9.78 Å². The van der Waals surface area contributed by atoms with E-state index < -0.39 is 5.97 Å². The molecule has 0 bridgehead atoms. The van der Waals surface area contributed by atoms with Crippen LogP contribution in [0, 0.1) is 0 Å². The van der Waals surface area contributed by atoms with E-state index in [0.29, 0.717) is 6.54 Å². The number of anilines is 1. The molecule has 6 heteroatoms. The van der Waals surface area contributed by atoms with Crippen LogP contribution in [0.25, 0.3) is 0 Å². The molecule has 0 saturated carbocycles. The summed E-state index contributed by atoms with van der Waals surface area (Å²) in [5, 5.41) is 12.7. The van der Waals surface area contributed by atoms with Crippen molar-refractivity contribution in [2.24, 2.45) is 0 Å². The molecular weight excluding hydrogens is 206 g/mol. The van der Waals surface area contributed by atoms with Gasteiger partial charge in [-0.05, 0) is 6.42 Å². The molecule has 0 saturated heterocycles. The smallest absolute Gasteiger partial charge is 0.355 e. The van der Waals surface area contributed by atoms with Gasteiger partial charge in [0.25, 0.3) is 0 Å². The van der Waals surface area contributed by atoms with E-state index in [4.69, 9.17) is 22.4 Å². The molecule has 0 radical (unpaired) electrons. The first-order chi connectivity index (χ1) is 6.57. The van der Waals surface area contributed by atoms with Crippen LogP contribution in [0.3, 0.4) is 0 Å². The Hall–Kier alpha value is -1.23. The second-order valence-corrected chi connectivity index (χ2v) is 3.31. The summed E-state index contributed by atoms with van der Waals surface area (Å²) >= 11 is 5.70. The Balaban J connectivity index is 3.03. The van der Waals surface area contributed by atoms with Crippen molar-refractivity contribution in [1.29, 1.82) is 0 Å². The lowest BCUT2D eigenvalue weighted by Crippen LogP contribution is -2.10. The molecule has 0 aliphatic heterocycles. The normalized spacial score (nSPS) is 10.4. The molecule has 78 valence electrons. The lowest BCUT2D eigenvalue weighted by molar-refractivity contribution is 0.0683. The molecule has 5 nitrogen and oxygen atoms in total. The van der Waals surface area contributed by atoms with Crippen molar-refractivity contribution in [3.8, 4) is 0 Å². The average molecular weight is 218 g/mol. The van der Waals surface area contributed by atoms with Crippen LogP contribution in [0.4, 0.5) is 5.82 Å². The lowest BCUT2D eigenvalue weighted by atomic mass is 10.3. The van der Waals surface area contributed by atoms with Gasteiger partial charge in [0.1, 0.15) is 5.02 Å². The van der Waals surface area contributed by atoms with E-state index in [-0.39, 0.29) is 16.5 Å². The van der Waals surface area contributed by atoms with Crippen LogP contribution in [0.15, 0.2) is 0 Å². The van der Waals surface area contributed by atoms with Crippen LogP contribution >= 0.6 is 11.6 Å². The van der Waals surface area contributed by atoms with Gasteiger partial charge in [-0.15, -0.1) is 0 Å². The van der Waals surface area contributed by atoms with Crippen molar-refractivity contribution in [2.75, 3.05) is 5.73 Å². The molecule has 3 N–H and O–H groups in total. The number of unbranched alkanes of at least 4 members (excludes halogenated alkanes) is 1. The number of carboxylic acid groups (broad SMARTS) is 1. The first kappa shape index (κ1) is 10.8. The summed E-state index contributed by atoms with van der Waals surface area (Å²) in [7, 11) is 0. The number of halogens is 1. The second kappa shape index (κ2) is 4.32. The Morgan fingerprint density at radius 3 is 2.86 bits per heavy atom. The summed E-state index contributed by atoms with van der Waals surface area (Å²) < 4.78 is 1.34. The van der Waals surface area contributed by atoms with Gasteiger partial charge in [0.2, 0.25) is 0 Å². The number of aryl methyl sites for hydroxylation is 1. The van der Waals surface area contributed by atoms with Crippen molar-refractivity contribution in [3.63, 3.8) is 0 Å². The Morgan fingerprint density at radius 2 is 2.36 bits per heavy atom. The lowest BCUT2D eigenvalue weighted by Gasteiger charge is -2.01. The third-order valence-corrected chi connectivity index (χ3v) is 2.22. The quantitative estimate of drug-likeness (QED) is 0.803. The predicted octanol–water partition coefficient (Wildman–Crippen LogP) is 1.62. The van der Waals surface area contributed by atoms with E-state index in [1.165, 1.54) is 4.68 Å². The summed E-state index contributed by atoms with van der Waals surface area (Å²) in [4.78, 5) is 10.8. The summed E-state index contributed by atoms with van der Waals surface area (Å²) in [5.74, 6) is -1.03. The largest absolute Gasteiger partial charge is 0.476 e. The van der Waals surface area contributed by atoms with Gasteiger partial charge in [0.05, 0.1) is 0 Å². The topological polar surface area (TPSA) is 81.1 Å². The molecule has 0 spiro atoms. The predicted molar refractivity (Wildman–Crippen MR) is 53.5 cm³/mol. The Kier molecular flexibility index (Phi) is 3.35. The number of hydrogen-bond acceptors (Lipinski definition) is 3. The highest BCUT2D eigenvalue weighted by Gasteiger charge is 2.19. The maximum atomic E-state index is 10.8. The highest BCUT2D eigenvalue weighted by Crippen LogP contribution is 2.22. The molecule has 0 aromatic carbocycles. The summed E-state index contributed by atoms with van der Waals surface area (Å²) in [5.41, 5.74) is 5.39. The molecule has 1 aromatic rings. The fourth-order valence-corrected chi connectivity index (χ4v) is 1.35. The molecule has 1 heterocycles. The molecule has 14 heavy (non-hydrogen) atoms. The molecule has 0 atom stereocenters. The number of hydrogen-bond donors (Lipinski definition) is 2. The van der Waals surface area contributed by atoms with Crippen LogP contribution in [0.1, 0.15) is 30.3 Å². The third kappa shape index (κ3) is 1.98. The summed E-state index contributed by atoms with van der Waals surface area (Å²) in [6.45, 7) is 2.53. The molecule has 0 unspecified atom stereocenters. The zero-order valence-electron chi connectivity index (χ0n) is 7.83. The van der Waals surface area contributed by atoms with Crippen molar-refractivity contribution < 1.29 is 9.90 Å². The van der Waals surface area contributed by atoms with Crippen LogP contribution in [-0.4, -0.2) is 20.9 Å². The van der Waals surface area contributed by atoms with E-state index in [2.05, 4.69) is 5.10 Å². The minimum Gasteiger partial charge on any atom is -0.476 e. The Labute approximate surface area is 86.5 Å². The van der Waals surface area contributed by atoms with E-state index >= 15 is 0 Å². The number of nitrogens with zero attached hydrogens (tertiary/aromatic N) is 2. The maximum Gasteiger partial charge on any atom is 0.355 e. The minimum absolute atomic E-state index is 0.0219. The van der Waals surface area contributed by atoms with E-state index in [1.807, 2.05) is 6.92 Å². The number of nitrogens with two attached hydrogens (primary N) is 1. The fraction of sp³-hybridized carbons (Fsp3) is 0.500. The molecular formula is C8H12ClN3O2. The van der Waals surface area contributed by atoms with Crippen molar-refractivity contribution in [3.05, 3.63) is 10.7 Å². The summed E-state index contributed by atoms with van der Waals surface area (Å²) in [6.07, 6.45) is 1.80. The van der Waals surface area contributed by atoms with Gasteiger partial charge >= 0.3 is 5.97 Å². The molecule has 0 amide bonds. The Morgan fingerprint density at radius 1 is 1.71 bits per heavy atom. The number of aromatic carboxylic acids is 1. The highest BCUT2D eigenvalue weighted by atomic mass is 35.5. The fourth-order valence-electron chi connectivity index (χ4n) is 1.13. The average Bonchev–Trinajstić information content (AvgIpc) is 2.39. The molecule has 0 fully saturated rings. The number of aromatic nitrogens is 2. The first-order valence-corrected chi connectivity index (χ1v) is 4.70. The number of carboxylic acids is 1. The zero-order valence-corrected chi connectivity index (χ0v) is 8.58. The molecule has 1 rings (SSSR count). The van der Waals surface area contributed by atoms with Crippen LogP contribution < -0.4 is 5.73 Å². The van der Waals surface area contributed by atoms with Gasteiger partial charge in [0.15, 0.2) is 11.5 Å². The number of carbonyl (C=O) groups is 1. The zero-order chi connectivity index (χ0) is 10.7. The third-order valence-electron chi connectivity index (χ3n) is 1.85. The summed E-state index contributed by atoms with van der Waals surface area (Å²) in [6, 6.07) is 0. The Bertz CT molecular complexity index is 349. The van der Waals surface area contributed by atoms with Crippen LogP contribution in [0.5, 0.6) is 0 Å². The van der Waals surface area contributed by atoms with Gasteiger partial charge in [-0.2, -0.15) is 5.10 Å². The number of nitrogen functional groups attached to an aromatic ring is 1. The molecule has 0 aliphatic rings. The maximum absolute atomic E-state index is 10.8. The highest BCUT2D eigenvalue weighted by molar-refractivity contribution is 6.35. The van der Waals surface area contributed by atoms with Crippen molar-refractivity contribution in [2.45, 2.75) is 26.3 Å². The van der Waals surface area contributed by atoms with Gasteiger partial charge in [-0.25, -0.2) is 4.79 Å². The van der Waals surface area contributed by atoms with Gasteiger partial charge in [0, 0.05) is 6.54 Å².